The minimum absolute atomic E-state index is 0.163. The summed E-state index contributed by atoms with van der Waals surface area (Å²) in [6.07, 6.45) is 3.07. The largest absolute Gasteiger partial charge is 0.361 e. The van der Waals surface area contributed by atoms with Gasteiger partial charge in [0.25, 0.3) is 5.91 Å². The number of hydrogen-bond acceptors (Lipinski definition) is 2. The van der Waals surface area contributed by atoms with Crippen LogP contribution in [0.4, 0.5) is 5.69 Å². The molecule has 0 aliphatic carbocycles. The fraction of sp³-hybridized carbons (Fsp3) is 0.238. The van der Waals surface area contributed by atoms with Crippen LogP contribution in [0.2, 0.25) is 5.02 Å². The molecule has 1 aliphatic heterocycles. The van der Waals surface area contributed by atoms with Crippen molar-refractivity contribution in [2.24, 2.45) is 0 Å². The van der Waals surface area contributed by atoms with Crippen molar-refractivity contribution in [1.82, 2.24) is 4.98 Å². The maximum absolute atomic E-state index is 12.8. The number of aromatic nitrogens is 1. The second-order valence-electron chi connectivity index (χ2n) is 6.90. The molecule has 2 heterocycles. The first-order chi connectivity index (χ1) is 13.1. The topological polar surface area (TPSA) is 69.8 Å². The van der Waals surface area contributed by atoms with Crippen molar-refractivity contribution in [1.29, 1.82) is 0 Å². The van der Waals surface area contributed by atoms with Crippen LogP contribution in [-0.4, -0.2) is 29.4 Å². The molecule has 138 valence electrons. The summed E-state index contributed by atoms with van der Waals surface area (Å²) >= 11 is 6.15. The summed E-state index contributed by atoms with van der Waals surface area (Å²) in [5.41, 5.74) is 3.67. The Balaban J connectivity index is 1.44. The summed E-state index contributed by atoms with van der Waals surface area (Å²) in [5.74, 6) is -0.331. The predicted octanol–water partition coefficient (Wildman–Crippen LogP) is 2.57. The number of nitrogens with one attached hydrogen (secondary N) is 1. The molecule has 0 saturated carbocycles. The standard InChI is InChI=1S/C21H20ClN3O2/c1-13-16(22)6-4-8-19(13)25-20(26)11-18(21(25)27)23-10-9-14-12-24-17-7-3-2-5-15(14)17/h2-8,12,18,23-24H,9-11H2,1H3/p+1/t18-/m1/s1. The Kier molecular flexibility index (Phi) is 4.72. The molecule has 1 fully saturated rings. The lowest BCUT2D eigenvalue weighted by Crippen LogP contribution is -2.92. The molecule has 27 heavy (non-hydrogen) atoms. The van der Waals surface area contributed by atoms with Gasteiger partial charge in [0, 0.05) is 28.5 Å². The maximum Gasteiger partial charge on any atom is 0.292 e. The molecule has 0 unspecified atom stereocenters. The Hall–Kier alpha value is -2.63. The van der Waals surface area contributed by atoms with Gasteiger partial charge in [0.05, 0.1) is 18.7 Å². The number of aromatic amines is 1. The van der Waals surface area contributed by atoms with E-state index in [1.54, 1.807) is 18.2 Å². The molecule has 1 atom stereocenters. The molecule has 3 N–H and O–H groups in total. The number of hydrogen-bond donors (Lipinski definition) is 2. The second-order valence-corrected chi connectivity index (χ2v) is 7.30. The van der Waals surface area contributed by atoms with E-state index in [1.807, 2.05) is 36.6 Å². The molecule has 0 bridgehead atoms. The Labute approximate surface area is 162 Å². The number of imide groups is 1. The number of H-pyrrole nitrogens is 1. The van der Waals surface area contributed by atoms with E-state index < -0.39 is 0 Å². The van der Waals surface area contributed by atoms with Crippen molar-refractivity contribution in [3.8, 4) is 0 Å². The number of para-hydroxylation sites is 1. The van der Waals surface area contributed by atoms with Crippen molar-refractivity contribution in [3.05, 3.63) is 64.8 Å². The zero-order valence-corrected chi connectivity index (χ0v) is 15.8. The van der Waals surface area contributed by atoms with E-state index in [4.69, 9.17) is 11.6 Å². The first-order valence-corrected chi connectivity index (χ1v) is 9.44. The van der Waals surface area contributed by atoms with Crippen LogP contribution in [0.15, 0.2) is 48.7 Å². The van der Waals surface area contributed by atoms with E-state index in [1.165, 1.54) is 15.8 Å². The minimum atomic E-state index is -0.374. The number of carbonyl (C=O) groups is 2. The number of nitrogens with two attached hydrogens (primary N) is 1. The Morgan fingerprint density at radius 3 is 2.85 bits per heavy atom. The smallest absolute Gasteiger partial charge is 0.292 e. The quantitative estimate of drug-likeness (QED) is 0.666. The number of amides is 2. The first-order valence-electron chi connectivity index (χ1n) is 9.06. The lowest BCUT2D eigenvalue weighted by molar-refractivity contribution is -0.674. The van der Waals surface area contributed by atoms with Crippen molar-refractivity contribution in [2.45, 2.75) is 25.8 Å². The molecule has 2 amide bonds. The number of carbonyl (C=O) groups excluding carboxylic acids is 2. The van der Waals surface area contributed by atoms with Crippen molar-refractivity contribution in [2.75, 3.05) is 11.4 Å². The lowest BCUT2D eigenvalue weighted by atomic mass is 10.1. The van der Waals surface area contributed by atoms with Crippen molar-refractivity contribution in [3.63, 3.8) is 0 Å². The van der Waals surface area contributed by atoms with E-state index >= 15 is 0 Å². The normalized spacial score (nSPS) is 17.3. The highest BCUT2D eigenvalue weighted by atomic mass is 35.5. The van der Waals surface area contributed by atoms with E-state index in [9.17, 15) is 9.59 Å². The molecular formula is C21H21ClN3O2+. The van der Waals surface area contributed by atoms with Gasteiger partial charge in [0.1, 0.15) is 0 Å². The van der Waals surface area contributed by atoms with Gasteiger partial charge < -0.3 is 10.3 Å². The van der Waals surface area contributed by atoms with Crippen LogP contribution in [0, 0.1) is 6.92 Å². The third-order valence-electron chi connectivity index (χ3n) is 5.20. The minimum Gasteiger partial charge on any atom is -0.361 e. The molecule has 0 spiro atoms. The predicted molar refractivity (Wildman–Crippen MR) is 106 cm³/mol. The summed E-state index contributed by atoms with van der Waals surface area (Å²) in [5, 5.41) is 3.73. The van der Waals surface area contributed by atoms with Gasteiger partial charge in [-0.15, -0.1) is 0 Å². The zero-order chi connectivity index (χ0) is 19.0. The maximum atomic E-state index is 12.8. The number of quaternary nitrogens is 1. The van der Waals surface area contributed by atoms with Crippen molar-refractivity contribution >= 4 is 40.0 Å². The van der Waals surface area contributed by atoms with Gasteiger partial charge in [0.15, 0.2) is 6.04 Å². The molecular weight excluding hydrogens is 362 g/mol. The Morgan fingerprint density at radius 1 is 1.19 bits per heavy atom. The fourth-order valence-corrected chi connectivity index (χ4v) is 3.88. The van der Waals surface area contributed by atoms with Gasteiger partial charge in [0.2, 0.25) is 5.91 Å². The van der Waals surface area contributed by atoms with Gasteiger partial charge in [-0.25, -0.2) is 4.90 Å². The van der Waals surface area contributed by atoms with Crippen LogP contribution < -0.4 is 10.2 Å². The highest BCUT2D eigenvalue weighted by molar-refractivity contribution is 6.32. The molecule has 1 aromatic heterocycles. The average molecular weight is 383 g/mol. The highest BCUT2D eigenvalue weighted by Gasteiger charge is 2.42. The molecule has 6 heteroatoms. The monoisotopic (exact) mass is 382 g/mol. The van der Waals surface area contributed by atoms with Gasteiger partial charge in [-0.2, -0.15) is 0 Å². The van der Waals surface area contributed by atoms with Crippen LogP contribution >= 0.6 is 11.6 Å². The molecule has 5 nitrogen and oxygen atoms in total. The highest BCUT2D eigenvalue weighted by Crippen LogP contribution is 2.29. The van der Waals surface area contributed by atoms with E-state index in [-0.39, 0.29) is 24.3 Å². The molecule has 1 saturated heterocycles. The van der Waals surface area contributed by atoms with Gasteiger partial charge in [-0.3, -0.25) is 9.59 Å². The fourth-order valence-electron chi connectivity index (χ4n) is 3.71. The SMILES string of the molecule is Cc1c(Cl)cccc1N1C(=O)C[C@@H]([NH2+]CCc2c[nH]c3ccccc23)C1=O. The number of halogens is 1. The van der Waals surface area contributed by atoms with Crippen LogP contribution in [-0.2, 0) is 16.0 Å². The first kappa shape index (κ1) is 17.8. The van der Waals surface area contributed by atoms with Gasteiger partial charge in [-0.05, 0) is 36.2 Å². The molecule has 1 aliphatic rings. The summed E-state index contributed by atoms with van der Waals surface area (Å²) < 4.78 is 0. The van der Waals surface area contributed by atoms with Crippen LogP contribution in [0.25, 0.3) is 10.9 Å². The van der Waals surface area contributed by atoms with Gasteiger partial charge in [-0.1, -0.05) is 35.9 Å². The summed E-state index contributed by atoms with van der Waals surface area (Å²) in [7, 11) is 0. The summed E-state index contributed by atoms with van der Waals surface area (Å²) in [6, 6.07) is 13.1. The van der Waals surface area contributed by atoms with Gasteiger partial charge >= 0.3 is 0 Å². The average Bonchev–Trinajstić information content (AvgIpc) is 3.19. The number of rotatable bonds is 5. The van der Waals surface area contributed by atoms with E-state index in [2.05, 4.69) is 11.1 Å². The van der Waals surface area contributed by atoms with Crippen LogP contribution in [0.3, 0.4) is 0 Å². The Morgan fingerprint density at radius 2 is 2.00 bits per heavy atom. The summed E-state index contributed by atoms with van der Waals surface area (Å²) in [6.45, 7) is 2.57. The van der Waals surface area contributed by atoms with Crippen LogP contribution in [0.5, 0.6) is 0 Å². The third-order valence-corrected chi connectivity index (χ3v) is 5.61. The second kappa shape index (κ2) is 7.18. The number of nitrogens with zero attached hydrogens (tertiary/aromatic N) is 1. The molecule has 3 aromatic rings. The van der Waals surface area contributed by atoms with E-state index in [0.29, 0.717) is 10.7 Å². The number of benzene rings is 2. The molecule has 4 rings (SSSR count). The van der Waals surface area contributed by atoms with Crippen molar-refractivity contribution < 1.29 is 14.9 Å². The molecule has 2 aromatic carbocycles. The number of fused-ring (bicyclic) bond motifs is 1. The third kappa shape index (κ3) is 3.24. The summed E-state index contributed by atoms with van der Waals surface area (Å²) in [4.78, 5) is 29.8. The zero-order valence-electron chi connectivity index (χ0n) is 15.0. The van der Waals surface area contributed by atoms with Crippen LogP contribution in [0.1, 0.15) is 17.5 Å². The number of anilines is 1. The Bertz CT molecular complexity index is 1030. The molecule has 0 radical (unpaired) electrons. The lowest BCUT2D eigenvalue weighted by Gasteiger charge is -2.17. The van der Waals surface area contributed by atoms with E-state index in [0.717, 1.165) is 24.0 Å².